The van der Waals surface area contributed by atoms with Crippen molar-refractivity contribution in [2.45, 2.75) is 38.9 Å². The lowest BCUT2D eigenvalue weighted by atomic mass is 10.0. The second-order valence-electron chi connectivity index (χ2n) is 4.30. The van der Waals surface area contributed by atoms with Crippen molar-refractivity contribution in [1.29, 1.82) is 0 Å². The fourth-order valence-electron chi connectivity index (χ4n) is 1.94. The summed E-state index contributed by atoms with van der Waals surface area (Å²) in [5.74, 6) is 0.738. The number of hydrogen-bond acceptors (Lipinski definition) is 4. The van der Waals surface area contributed by atoms with Crippen LogP contribution in [0.25, 0.3) is 0 Å². The lowest BCUT2D eigenvalue weighted by molar-refractivity contribution is 0.133. The number of aliphatic hydroxyl groups is 1. The van der Waals surface area contributed by atoms with Crippen molar-refractivity contribution in [3.8, 4) is 11.5 Å². The average Bonchev–Trinajstić information content (AvgIpc) is 2.27. The van der Waals surface area contributed by atoms with Crippen molar-refractivity contribution in [2.75, 3.05) is 0 Å². The van der Waals surface area contributed by atoms with Crippen LogP contribution in [0.4, 0.5) is 5.69 Å². The van der Waals surface area contributed by atoms with Crippen LogP contribution in [0.1, 0.15) is 26.7 Å². The summed E-state index contributed by atoms with van der Waals surface area (Å²) < 4.78 is 5.78. The number of aliphatic imine (C=N–C) groups is 1. The Balaban J connectivity index is 2.31. The highest BCUT2D eigenvalue weighted by atomic mass is 16.5. The van der Waals surface area contributed by atoms with E-state index in [1.807, 2.05) is 6.92 Å². The maximum atomic E-state index is 9.44. The summed E-state index contributed by atoms with van der Waals surface area (Å²) in [7, 11) is 0. The van der Waals surface area contributed by atoms with Gasteiger partial charge in [0.15, 0.2) is 0 Å². The van der Waals surface area contributed by atoms with Gasteiger partial charge >= 0.3 is 0 Å². The highest BCUT2D eigenvalue weighted by Gasteiger charge is 2.24. The number of benzene rings is 1. The number of fused-ring (bicyclic) bond motifs is 1. The minimum absolute atomic E-state index is 0.162. The number of hydrogen-bond donors (Lipinski definition) is 2. The third-order valence-corrected chi connectivity index (χ3v) is 2.77. The van der Waals surface area contributed by atoms with E-state index in [4.69, 9.17) is 4.74 Å². The predicted octanol–water partition coefficient (Wildman–Crippen LogP) is 2.41. The predicted molar refractivity (Wildman–Crippen MR) is 66.2 cm³/mol. The van der Waals surface area contributed by atoms with Gasteiger partial charge in [-0.2, -0.15) is 0 Å². The van der Waals surface area contributed by atoms with Gasteiger partial charge in [0.1, 0.15) is 23.3 Å². The third-order valence-electron chi connectivity index (χ3n) is 2.77. The van der Waals surface area contributed by atoms with E-state index in [0.29, 0.717) is 12.2 Å². The Bertz CT molecular complexity index is 440. The van der Waals surface area contributed by atoms with E-state index in [1.54, 1.807) is 25.1 Å². The first-order valence-electron chi connectivity index (χ1n) is 5.85. The van der Waals surface area contributed by atoms with E-state index >= 15 is 0 Å². The molecule has 2 atom stereocenters. The van der Waals surface area contributed by atoms with Crippen molar-refractivity contribution in [3.05, 3.63) is 18.2 Å². The van der Waals surface area contributed by atoms with Crippen LogP contribution in [0, 0.1) is 0 Å². The Morgan fingerprint density at radius 2 is 2.24 bits per heavy atom. The van der Waals surface area contributed by atoms with Crippen LogP contribution in [0.3, 0.4) is 0 Å². The number of rotatable bonds is 3. The fourth-order valence-corrected chi connectivity index (χ4v) is 1.94. The second-order valence-corrected chi connectivity index (χ2v) is 4.30. The van der Waals surface area contributed by atoms with Gasteiger partial charge in [0.25, 0.3) is 0 Å². The standard InChI is InChI=1S/C13H17NO3/c1-3-10-12(6-8(2)15)17-13-7-9(16)4-5-11(13)14-10/h4-5,7-8,12,15-16H,3,6H2,1-2H3. The molecule has 1 heterocycles. The molecule has 0 saturated heterocycles. The summed E-state index contributed by atoms with van der Waals surface area (Å²) in [6.07, 6.45) is 0.671. The number of phenolic OH excluding ortho intramolecular Hbond substituents is 1. The maximum absolute atomic E-state index is 9.44. The maximum Gasteiger partial charge on any atom is 0.149 e. The number of nitrogens with zero attached hydrogens (tertiary/aromatic N) is 1. The first kappa shape index (κ1) is 11.9. The molecule has 0 saturated carbocycles. The van der Waals surface area contributed by atoms with Crippen LogP contribution in [-0.2, 0) is 0 Å². The van der Waals surface area contributed by atoms with Gasteiger partial charge < -0.3 is 14.9 Å². The molecule has 1 aliphatic heterocycles. The van der Waals surface area contributed by atoms with Gasteiger partial charge in [-0.3, -0.25) is 4.99 Å². The molecular weight excluding hydrogens is 218 g/mol. The molecule has 0 aliphatic carbocycles. The Hall–Kier alpha value is -1.55. The van der Waals surface area contributed by atoms with Crippen molar-refractivity contribution >= 4 is 11.4 Å². The molecule has 2 unspecified atom stereocenters. The number of aliphatic hydroxyl groups excluding tert-OH is 1. The van der Waals surface area contributed by atoms with Crippen LogP contribution in [0.5, 0.6) is 11.5 Å². The molecule has 4 heteroatoms. The van der Waals surface area contributed by atoms with Crippen LogP contribution in [0.2, 0.25) is 0 Å². The molecular formula is C13H17NO3. The van der Waals surface area contributed by atoms with E-state index in [1.165, 1.54) is 0 Å². The van der Waals surface area contributed by atoms with Gasteiger partial charge in [-0.05, 0) is 25.5 Å². The summed E-state index contributed by atoms with van der Waals surface area (Å²) in [4.78, 5) is 4.51. The Morgan fingerprint density at radius 3 is 2.88 bits per heavy atom. The molecule has 2 N–H and O–H groups in total. The van der Waals surface area contributed by atoms with Gasteiger partial charge in [-0.25, -0.2) is 0 Å². The second kappa shape index (κ2) is 4.75. The zero-order chi connectivity index (χ0) is 12.4. The summed E-state index contributed by atoms with van der Waals surface area (Å²) >= 11 is 0. The SMILES string of the molecule is CCC1=Nc2ccc(O)cc2OC1CC(C)O. The molecule has 4 nitrogen and oxygen atoms in total. The molecule has 17 heavy (non-hydrogen) atoms. The molecule has 1 aromatic carbocycles. The summed E-state index contributed by atoms with van der Waals surface area (Å²) in [5, 5.41) is 18.8. The molecule has 1 aromatic rings. The normalized spacial score (nSPS) is 20.2. The molecule has 0 bridgehead atoms. The Kier molecular flexibility index (Phi) is 3.33. The van der Waals surface area contributed by atoms with E-state index < -0.39 is 6.10 Å². The minimum atomic E-state index is -0.435. The largest absolute Gasteiger partial charge is 0.508 e. The zero-order valence-corrected chi connectivity index (χ0v) is 10.1. The van der Waals surface area contributed by atoms with Crippen molar-refractivity contribution in [3.63, 3.8) is 0 Å². The fraction of sp³-hybridized carbons (Fsp3) is 0.462. The van der Waals surface area contributed by atoms with Crippen LogP contribution in [0.15, 0.2) is 23.2 Å². The molecule has 1 aliphatic rings. The van der Waals surface area contributed by atoms with Crippen molar-refractivity contribution < 1.29 is 14.9 Å². The number of phenols is 1. The third kappa shape index (κ3) is 2.58. The summed E-state index contributed by atoms with van der Waals surface area (Å²) in [5.41, 5.74) is 1.67. The first-order chi connectivity index (χ1) is 8.10. The van der Waals surface area contributed by atoms with E-state index in [-0.39, 0.29) is 11.9 Å². The van der Waals surface area contributed by atoms with Gasteiger partial charge in [0.2, 0.25) is 0 Å². The zero-order valence-electron chi connectivity index (χ0n) is 10.1. The van der Waals surface area contributed by atoms with Gasteiger partial charge in [-0.15, -0.1) is 0 Å². The quantitative estimate of drug-likeness (QED) is 0.845. The molecule has 92 valence electrons. The Morgan fingerprint density at radius 1 is 1.47 bits per heavy atom. The van der Waals surface area contributed by atoms with E-state index in [0.717, 1.165) is 17.8 Å². The highest BCUT2D eigenvalue weighted by Crippen LogP contribution is 2.36. The van der Waals surface area contributed by atoms with Crippen LogP contribution >= 0.6 is 0 Å². The van der Waals surface area contributed by atoms with E-state index in [2.05, 4.69) is 4.99 Å². The van der Waals surface area contributed by atoms with Crippen LogP contribution in [-0.4, -0.2) is 28.1 Å². The smallest absolute Gasteiger partial charge is 0.149 e. The van der Waals surface area contributed by atoms with Gasteiger partial charge in [0.05, 0.1) is 11.8 Å². The minimum Gasteiger partial charge on any atom is -0.508 e. The van der Waals surface area contributed by atoms with Gasteiger partial charge in [0, 0.05) is 12.5 Å². The number of aromatic hydroxyl groups is 1. The Labute approximate surface area is 101 Å². The molecule has 0 radical (unpaired) electrons. The first-order valence-corrected chi connectivity index (χ1v) is 5.85. The van der Waals surface area contributed by atoms with Crippen molar-refractivity contribution in [2.24, 2.45) is 4.99 Å². The molecule has 0 fully saturated rings. The lowest BCUT2D eigenvalue weighted by Crippen LogP contribution is -2.32. The molecule has 0 spiro atoms. The lowest BCUT2D eigenvalue weighted by Gasteiger charge is -2.26. The molecule has 0 amide bonds. The van der Waals surface area contributed by atoms with Gasteiger partial charge in [-0.1, -0.05) is 6.92 Å². The molecule has 0 aromatic heterocycles. The van der Waals surface area contributed by atoms with Crippen molar-refractivity contribution in [1.82, 2.24) is 0 Å². The summed E-state index contributed by atoms with van der Waals surface area (Å²) in [6, 6.07) is 4.88. The van der Waals surface area contributed by atoms with Crippen LogP contribution < -0.4 is 4.74 Å². The highest BCUT2D eigenvalue weighted by molar-refractivity contribution is 5.93. The number of ether oxygens (including phenoxy) is 1. The monoisotopic (exact) mass is 235 g/mol. The van der Waals surface area contributed by atoms with E-state index in [9.17, 15) is 10.2 Å². The topological polar surface area (TPSA) is 62.1 Å². The molecule has 2 rings (SSSR count). The average molecular weight is 235 g/mol. The summed E-state index contributed by atoms with van der Waals surface area (Å²) in [6.45, 7) is 3.75.